The number of nitrogens with zero attached hydrogens (tertiary/aromatic N) is 3. The molecule has 1 aromatic heterocycles. The molecule has 2 aromatic rings. The van der Waals surface area contributed by atoms with Crippen molar-refractivity contribution in [3.05, 3.63) is 23.3 Å². The first-order chi connectivity index (χ1) is 9.71. The van der Waals surface area contributed by atoms with Crippen LogP contribution in [0.25, 0.3) is 0 Å². The van der Waals surface area contributed by atoms with Crippen molar-refractivity contribution in [1.29, 1.82) is 0 Å². The van der Waals surface area contributed by atoms with Gasteiger partial charge in [0.1, 0.15) is 0 Å². The van der Waals surface area contributed by atoms with Crippen molar-refractivity contribution in [2.45, 2.75) is 13.0 Å². The molecule has 20 heavy (non-hydrogen) atoms. The third kappa shape index (κ3) is 2.11. The fraction of sp³-hybridized carbons (Fsp3) is 0.385. The van der Waals surface area contributed by atoms with Crippen LogP contribution in [0.2, 0.25) is 0 Å². The number of benzene rings is 1. The first-order valence-electron chi connectivity index (χ1n) is 6.29. The summed E-state index contributed by atoms with van der Waals surface area (Å²) in [6, 6.07) is 4.54. The minimum Gasteiger partial charge on any atom is -0.493 e. The smallest absolute Gasteiger partial charge is 0.319 e. The van der Waals surface area contributed by atoms with Crippen molar-refractivity contribution in [3.63, 3.8) is 0 Å². The maximum absolute atomic E-state index is 5.46. The zero-order valence-electron chi connectivity index (χ0n) is 11.4. The monoisotopic (exact) mass is 276 g/mol. The topological polar surface area (TPSA) is 86.6 Å². The standard InChI is InChI=1S/C13H16N4O3/c1-18-10-5-8-3-4-17(13-16-15-12(14)20-13)7-9(8)6-11(10)19-2/h5-6H,3-4,7H2,1-2H3,(H2,14,15). The number of methoxy groups -OCH3 is 2. The lowest BCUT2D eigenvalue weighted by Gasteiger charge is -2.27. The Morgan fingerprint density at radius 2 is 1.85 bits per heavy atom. The second kappa shape index (κ2) is 4.92. The van der Waals surface area contributed by atoms with Crippen molar-refractivity contribution in [1.82, 2.24) is 10.2 Å². The van der Waals surface area contributed by atoms with Gasteiger partial charge in [-0.3, -0.25) is 0 Å². The normalized spacial score (nSPS) is 14.0. The number of aromatic nitrogens is 2. The quantitative estimate of drug-likeness (QED) is 0.902. The van der Waals surface area contributed by atoms with E-state index in [2.05, 4.69) is 10.2 Å². The van der Waals surface area contributed by atoms with E-state index in [1.54, 1.807) is 14.2 Å². The molecular formula is C13H16N4O3. The Bertz CT molecular complexity index is 626. The summed E-state index contributed by atoms with van der Waals surface area (Å²) in [5.41, 5.74) is 7.86. The predicted octanol–water partition coefficient (Wildman–Crippen LogP) is 1.23. The predicted molar refractivity (Wildman–Crippen MR) is 73.0 cm³/mol. The van der Waals surface area contributed by atoms with Gasteiger partial charge in [-0.05, 0) is 29.7 Å². The fourth-order valence-electron chi connectivity index (χ4n) is 2.40. The molecule has 0 spiro atoms. The van der Waals surface area contributed by atoms with Crippen LogP contribution in [0.1, 0.15) is 11.1 Å². The molecule has 0 amide bonds. The molecule has 106 valence electrons. The van der Waals surface area contributed by atoms with E-state index in [-0.39, 0.29) is 6.01 Å². The maximum Gasteiger partial charge on any atom is 0.319 e. The average molecular weight is 276 g/mol. The molecule has 0 fully saturated rings. The maximum atomic E-state index is 5.46. The number of nitrogens with two attached hydrogens (primary N) is 1. The van der Waals surface area contributed by atoms with Crippen LogP contribution >= 0.6 is 0 Å². The number of rotatable bonds is 3. The Morgan fingerprint density at radius 3 is 2.45 bits per heavy atom. The van der Waals surface area contributed by atoms with E-state index in [1.807, 2.05) is 17.0 Å². The van der Waals surface area contributed by atoms with Crippen LogP contribution in [0.4, 0.5) is 12.0 Å². The van der Waals surface area contributed by atoms with E-state index < -0.39 is 0 Å². The van der Waals surface area contributed by atoms with Gasteiger partial charge in [-0.15, -0.1) is 0 Å². The molecule has 0 unspecified atom stereocenters. The highest BCUT2D eigenvalue weighted by molar-refractivity contribution is 5.50. The van der Waals surface area contributed by atoms with Crippen LogP contribution in [0.5, 0.6) is 11.5 Å². The van der Waals surface area contributed by atoms with Gasteiger partial charge in [0.15, 0.2) is 11.5 Å². The minimum atomic E-state index is 0.0816. The molecule has 2 N–H and O–H groups in total. The Morgan fingerprint density at radius 1 is 1.15 bits per heavy atom. The number of hydrogen-bond acceptors (Lipinski definition) is 7. The molecular weight excluding hydrogens is 260 g/mol. The van der Waals surface area contributed by atoms with Gasteiger partial charge in [-0.2, -0.15) is 0 Å². The molecule has 0 radical (unpaired) electrons. The lowest BCUT2D eigenvalue weighted by molar-refractivity contribution is 0.353. The molecule has 0 saturated carbocycles. The molecule has 2 heterocycles. The number of nitrogen functional groups attached to an aromatic ring is 1. The van der Waals surface area contributed by atoms with Crippen LogP contribution in [-0.2, 0) is 13.0 Å². The molecule has 7 nitrogen and oxygen atoms in total. The van der Waals surface area contributed by atoms with Gasteiger partial charge in [0, 0.05) is 13.1 Å². The molecule has 1 aromatic carbocycles. The molecule has 0 atom stereocenters. The zero-order chi connectivity index (χ0) is 14.1. The van der Waals surface area contributed by atoms with Crippen LogP contribution in [0.15, 0.2) is 16.5 Å². The van der Waals surface area contributed by atoms with Gasteiger partial charge >= 0.3 is 12.0 Å². The summed E-state index contributed by atoms with van der Waals surface area (Å²) in [7, 11) is 3.27. The van der Waals surface area contributed by atoms with Gasteiger partial charge in [0.25, 0.3) is 0 Å². The van der Waals surface area contributed by atoms with Gasteiger partial charge in [0.2, 0.25) is 0 Å². The Balaban J connectivity index is 1.90. The van der Waals surface area contributed by atoms with Crippen molar-refractivity contribution >= 4 is 12.0 Å². The lowest BCUT2D eigenvalue weighted by Crippen LogP contribution is -2.30. The molecule has 1 aliphatic rings. The van der Waals surface area contributed by atoms with Crippen LogP contribution < -0.4 is 20.1 Å². The summed E-state index contributed by atoms with van der Waals surface area (Å²) in [5.74, 6) is 1.47. The van der Waals surface area contributed by atoms with E-state index in [0.717, 1.165) is 30.0 Å². The highest BCUT2D eigenvalue weighted by Crippen LogP contribution is 2.34. The Kier molecular flexibility index (Phi) is 3.09. The number of anilines is 2. The Labute approximate surface area is 116 Å². The third-order valence-corrected chi connectivity index (χ3v) is 3.42. The largest absolute Gasteiger partial charge is 0.493 e. The van der Waals surface area contributed by atoms with E-state index in [1.165, 1.54) is 5.56 Å². The Hall–Kier alpha value is -2.44. The highest BCUT2D eigenvalue weighted by atomic mass is 16.5. The van der Waals surface area contributed by atoms with E-state index >= 15 is 0 Å². The number of ether oxygens (including phenoxy) is 2. The molecule has 0 aliphatic carbocycles. The molecule has 3 rings (SSSR count). The van der Waals surface area contributed by atoms with Crippen LogP contribution in [0, 0.1) is 0 Å². The summed E-state index contributed by atoms with van der Waals surface area (Å²) in [5, 5.41) is 7.60. The number of hydrogen-bond donors (Lipinski definition) is 1. The minimum absolute atomic E-state index is 0.0816. The first-order valence-corrected chi connectivity index (χ1v) is 6.29. The van der Waals surface area contributed by atoms with Crippen LogP contribution in [0.3, 0.4) is 0 Å². The van der Waals surface area contributed by atoms with Crippen molar-refractivity contribution in [2.24, 2.45) is 0 Å². The van der Waals surface area contributed by atoms with Gasteiger partial charge in [0.05, 0.1) is 14.2 Å². The second-order valence-electron chi connectivity index (χ2n) is 4.57. The van der Waals surface area contributed by atoms with Gasteiger partial charge in [-0.1, -0.05) is 10.2 Å². The molecule has 1 aliphatic heterocycles. The van der Waals surface area contributed by atoms with E-state index in [0.29, 0.717) is 12.6 Å². The summed E-state index contributed by atoms with van der Waals surface area (Å²) in [4.78, 5) is 2.00. The molecule has 0 saturated heterocycles. The van der Waals surface area contributed by atoms with Crippen molar-refractivity contribution < 1.29 is 13.9 Å². The van der Waals surface area contributed by atoms with Crippen molar-refractivity contribution in [3.8, 4) is 11.5 Å². The van der Waals surface area contributed by atoms with Gasteiger partial charge < -0.3 is 24.5 Å². The first kappa shape index (κ1) is 12.6. The zero-order valence-corrected chi connectivity index (χ0v) is 11.4. The fourth-order valence-corrected chi connectivity index (χ4v) is 2.40. The third-order valence-electron chi connectivity index (χ3n) is 3.42. The van der Waals surface area contributed by atoms with Gasteiger partial charge in [-0.25, -0.2) is 0 Å². The van der Waals surface area contributed by atoms with E-state index in [4.69, 9.17) is 19.6 Å². The SMILES string of the molecule is COc1cc2c(cc1OC)CN(c1nnc(N)o1)CC2. The van der Waals surface area contributed by atoms with E-state index in [9.17, 15) is 0 Å². The summed E-state index contributed by atoms with van der Waals surface area (Å²) < 4.78 is 15.9. The highest BCUT2D eigenvalue weighted by Gasteiger charge is 2.22. The molecule has 7 heteroatoms. The average Bonchev–Trinajstić information content (AvgIpc) is 2.91. The number of fused-ring (bicyclic) bond motifs is 1. The summed E-state index contributed by atoms with van der Waals surface area (Å²) in [6.45, 7) is 1.47. The lowest BCUT2D eigenvalue weighted by atomic mass is 9.99. The summed E-state index contributed by atoms with van der Waals surface area (Å²) in [6.07, 6.45) is 0.873. The second-order valence-corrected chi connectivity index (χ2v) is 4.57. The molecule has 0 bridgehead atoms. The van der Waals surface area contributed by atoms with Crippen LogP contribution in [-0.4, -0.2) is 31.0 Å². The summed E-state index contributed by atoms with van der Waals surface area (Å²) >= 11 is 0. The van der Waals surface area contributed by atoms with Crippen molar-refractivity contribution in [2.75, 3.05) is 31.4 Å².